The maximum Gasteiger partial charge on any atom is 0.272 e. The first-order valence-corrected chi connectivity index (χ1v) is 12.6. The lowest BCUT2D eigenvalue weighted by molar-refractivity contribution is -0.126. The third kappa shape index (κ3) is 4.52. The van der Waals surface area contributed by atoms with Crippen LogP contribution in [0.2, 0.25) is 0 Å². The summed E-state index contributed by atoms with van der Waals surface area (Å²) in [7, 11) is 1.50. The number of anilines is 1. The van der Waals surface area contributed by atoms with Crippen LogP contribution in [-0.4, -0.2) is 44.6 Å². The van der Waals surface area contributed by atoms with Gasteiger partial charge in [-0.15, -0.1) is 0 Å². The maximum absolute atomic E-state index is 13.3. The van der Waals surface area contributed by atoms with Gasteiger partial charge in [-0.3, -0.25) is 9.79 Å². The summed E-state index contributed by atoms with van der Waals surface area (Å²) in [5.41, 5.74) is 11.8. The van der Waals surface area contributed by atoms with E-state index < -0.39 is 17.5 Å². The van der Waals surface area contributed by atoms with Crippen molar-refractivity contribution in [3.05, 3.63) is 81.9 Å². The number of carbonyl (C=O) groups is 1. The summed E-state index contributed by atoms with van der Waals surface area (Å²) in [4.78, 5) is 28.2. The van der Waals surface area contributed by atoms with E-state index in [1.54, 1.807) is 11.0 Å². The number of aryl methyl sites for hydroxylation is 2. The largest absolute Gasteiger partial charge is 0.587 e. The van der Waals surface area contributed by atoms with E-state index in [-0.39, 0.29) is 29.1 Å². The van der Waals surface area contributed by atoms with E-state index in [9.17, 15) is 9.35 Å². The first-order valence-electron chi connectivity index (χ1n) is 11.5. The molecule has 0 fully saturated rings. The number of hydrogen-bond donors (Lipinski definition) is 2. The second-order valence-corrected chi connectivity index (χ2v) is 9.91. The molecule has 2 aliphatic rings. The highest BCUT2D eigenvalue weighted by Crippen LogP contribution is 2.34. The van der Waals surface area contributed by atoms with Gasteiger partial charge in [0.05, 0.1) is 12.2 Å². The van der Waals surface area contributed by atoms with Crippen LogP contribution in [0.25, 0.3) is 11.3 Å². The van der Waals surface area contributed by atoms with Crippen molar-refractivity contribution in [2.75, 3.05) is 18.3 Å². The molecule has 3 heterocycles. The highest BCUT2D eigenvalue weighted by molar-refractivity contribution is 7.96. The van der Waals surface area contributed by atoms with E-state index in [0.717, 1.165) is 27.8 Å². The third-order valence-corrected chi connectivity index (χ3v) is 7.19. The average molecular weight is 503 g/mol. The Hall–Kier alpha value is -3.89. The Bertz CT molecular complexity index is 1390. The van der Waals surface area contributed by atoms with Gasteiger partial charge in [0.15, 0.2) is 0 Å². The summed E-state index contributed by atoms with van der Waals surface area (Å²) in [6.45, 7) is 4.70. The van der Waals surface area contributed by atoms with Crippen molar-refractivity contribution in [3.63, 3.8) is 0 Å². The molecule has 36 heavy (non-hydrogen) atoms. The van der Waals surface area contributed by atoms with Gasteiger partial charge in [0.25, 0.3) is 11.9 Å². The minimum Gasteiger partial charge on any atom is -0.587 e. The summed E-state index contributed by atoms with van der Waals surface area (Å²) in [6, 6.07) is 15.6. The number of nitrogens with one attached hydrogen (secondary N) is 1. The van der Waals surface area contributed by atoms with Crippen molar-refractivity contribution in [1.82, 2.24) is 14.9 Å². The number of aromatic nitrogens is 2. The van der Waals surface area contributed by atoms with Gasteiger partial charge in [-0.1, -0.05) is 42.5 Å². The molecule has 5 rings (SSSR count). The van der Waals surface area contributed by atoms with Crippen LogP contribution in [0.3, 0.4) is 0 Å². The molecule has 0 saturated carbocycles. The van der Waals surface area contributed by atoms with E-state index in [4.69, 9.17) is 10.5 Å². The highest BCUT2D eigenvalue weighted by Gasteiger charge is 2.32. The number of rotatable bonds is 1. The second kappa shape index (κ2) is 9.63. The SMILES string of the molecule is CN=C1C=C(N)[S+]([O-])Nc2nc(cc(-c3c(C)cccc3C)n2)OC2CN(Cc3ccccc32)C1=O. The Labute approximate surface area is 212 Å². The van der Waals surface area contributed by atoms with Gasteiger partial charge in [-0.2, -0.15) is 9.71 Å². The Morgan fingerprint density at radius 2 is 1.92 bits per heavy atom. The van der Waals surface area contributed by atoms with Crippen LogP contribution in [0.4, 0.5) is 5.95 Å². The maximum atomic E-state index is 13.3. The van der Waals surface area contributed by atoms with E-state index in [2.05, 4.69) is 19.7 Å². The molecule has 3 N–H and O–H groups in total. The predicted molar refractivity (Wildman–Crippen MR) is 140 cm³/mol. The van der Waals surface area contributed by atoms with Crippen LogP contribution in [0.1, 0.15) is 28.4 Å². The van der Waals surface area contributed by atoms with Crippen molar-refractivity contribution in [2.24, 2.45) is 10.7 Å². The topological polar surface area (TPSA) is 129 Å². The zero-order valence-corrected chi connectivity index (χ0v) is 21.0. The van der Waals surface area contributed by atoms with E-state index in [1.807, 2.05) is 56.3 Å². The van der Waals surface area contributed by atoms with Gasteiger partial charge < -0.3 is 19.9 Å². The minimum absolute atomic E-state index is 0.0688. The van der Waals surface area contributed by atoms with Crippen LogP contribution >= 0.6 is 0 Å². The summed E-state index contributed by atoms with van der Waals surface area (Å²) < 4.78 is 22.2. The first kappa shape index (κ1) is 23.8. The lowest BCUT2D eigenvalue weighted by Gasteiger charge is -2.34. The van der Waals surface area contributed by atoms with E-state index in [0.29, 0.717) is 18.1 Å². The number of carbonyl (C=O) groups excluding carboxylic acids is 1. The molecule has 1 aromatic heterocycles. The fraction of sp³-hybridized carbons (Fsp3) is 0.231. The van der Waals surface area contributed by atoms with Gasteiger partial charge in [0.2, 0.25) is 10.9 Å². The summed E-state index contributed by atoms with van der Waals surface area (Å²) in [5.74, 6) is 0.0672. The minimum atomic E-state index is -1.91. The zero-order valence-electron chi connectivity index (χ0n) is 20.2. The number of nitrogens with two attached hydrogens (primary N) is 1. The zero-order chi connectivity index (χ0) is 25.4. The van der Waals surface area contributed by atoms with Crippen LogP contribution in [0.5, 0.6) is 5.88 Å². The van der Waals surface area contributed by atoms with Gasteiger partial charge >= 0.3 is 0 Å². The van der Waals surface area contributed by atoms with Crippen LogP contribution in [0.15, 0.2) is 64.6 Å². The molecular formula is C26H26N6O3S. The highest BCUT2D eigenvalue weighted by atomic mass is 32.2. The Kier molecular flexibility index (Phi) is 6.38. The molecule has 2 unspecified atom stereocenters. The van der Waals surface area contributed by atoms with Gasteiger partial charge in [-0.05, 0) is 36.1 Å². The van der Waals surface area contributed by atoms with Crippen molar-refractivity contribution in [3.8, 4) is 17.1 Å². The first-order chi connectivity index (χ1) is 17.3. The number of hydrogen-bond acceptors (Lipinski definition) is 8. The van der Waals surface area contributed by atoms with E-state index >= 15 is 0 Å². The van der Waals surface area contributed by atoms with Crippen LogP contribution in [-0.2, 0) is 22.7 Å². The number of amides is 1. The number of benzene rings is 2. The van der Waals surface area contributed by atoms with Crippen molar-refractivity contribution >= 4 is 28.9 Å². The molecule has 184 valence electrons. The van der Waals surface area contributed by atoms with Crippen molar-refractivity contribution in [2.45, 2.75) is 26.5 Å². The molecule has 3 aromatic rings. The molecule has 0 radical (unpaired) electrons. The summed E-state index contributed by atoms with van der Waals surface area (Å²) in [5, 5.41) is -0.0688. The number of ether oxygens (including phenoxy) is 1. The Morgan fingerprint density at radius 3 is 2.67 bits per heavy atom. The molecule has 0 aliphatic carbocycles. The summed E-state index contributed by atoms with van der Waals surface area (Å²) >= 11 is -1.91. The average Bonchev–Trinajstić information content (AvgIpc) is 2.86. The molecule has 0 spiro atoms. The van der Waals surface area contributed by atoms with Crippen molar-refractivity contribution in [1.29, 1.82) is 0 Å². The fourth-order valence-corrected chi connectivity index (χ4v) is 5.15. The quantitative estimate of drug-likeness (QED) is 0.489. The smallest absolute Gasteiger partial charge is 0.272 e. The molecule has 9 nitrogen and oxygen atoms in total. The summed E-state index contributed by atoms with van der Waals surface area (Å²) in [6.07, 6.45) is 0.855. The van der Waals surface area contributed by atoms with Crippen molar-refractivity contribution < 1.29 is 14.1 Å². The monoisotopic (exact) mass is 502 g/mol. The molecular weight excluding hydrogens is 476 g/mol. The van der Waals surface area contributed by atoms with Crippen LogP contribution in [0, 0.1) is 13.8 Å². The molecule has 10 heteroatoms. The number of fused-ring (bicyclic) bond motifs is 6. The second-order valence-electron chi connectivity index (χ2n) is 8.70. The van der Waals surface area contributed by atoms with Crippen LogP contribution < -0.4 is 15.2 Å². The number of nitrogens with zero attached hydrogens (tertiary/aromatic N) is 4. The normalized spacial score (nSPS) is 20.8. The molecule has 1 amide bonds. The van der Waals surface area contributed by atoms with E-state index in [1.165, 1.54) is 13.1 Å². The lowest BCUT2D eigenvalue weighted by atomic mass is 9.97. The molecule has 4 bridgehead atoms. The lowest BCUT2D eigenvalue weighted by Crippen LogP contribution is -2.43. The van der Waals surface area contributed by atoms with Gasteiger partial charge in [-0.25, -0.2) is 4.98 Å². The molecule has 2 atom stereocenters. The number of aliphatic imine (C=N–C) groups is 1. The predicted octanol–water partition coefficient (Wildman–Crippen LogP) is 3.18. The Morgan fingerprint density at radius 1 is 1.17 bits per heavy atom. The molecule has 2 aromatic carbocycles. The van der Waals surface area contributed by atoms with Gasteiger partial charge in [0, 0.05) is 31.3 Å². The van der Waals surface area contributed by atoms with Gasteiger partial charge in [0.1, 0.15) is 23.2 Å². The molecule has 2 aliphatic heterocycles. The fourth-order valence-electron chi connectivity index (χ4n) is 4.55. The Balaban J connectivity index is 1.68. The standard InChI is InChI=1S/C26H26N6O3S/c1-15-7-6-8-16(2)24(15)19-12-23-30-26(29-19)31-36(34)22(27)11-20(28-3)25(33)32-13-17-9-4-5-10-18(17)21(14-32)35-23/h4-12,21H,13-14,27H2,1-3H3,(H,29,30,31). The molecule has 0 saturated heterocycles. The third-order valence-electron chi connectivity index (χ3n) is 6.28.